The molecule has 0 saturated heterocycles. The van der Waals surface area contributed by atoms with Gasteiger partial charge in [0, 0.05) is 11.3 Å². The van der Waals surface area contributed by atoms with Crippen molar-refractivity contribution in [1.82, 2.24) is 0 Å². The summed E-state index contributed by atoms with van der Waals surface area (Å²) >= 11 is 0. The second kappa shape index (κ2) is 8.91. The third-order valence-corrected chi connectivity index (χ3v) is 7.29. The van der Waals surface area contributed by atoms with Gasteiger partial charge in [-0.1, -0.05) is 99.0 Å². The summed E-state index contributed by atoms with van der Waals surface area (Å²) in [5, 5.41) is 21.8. The van der Waals surface area contributed by atoms with Crippen molar-refractivity contribution in [3.05, 3.63) is 83.9 Å². The van der Waals surface area contributed by atoms with Crippen molar-refractivity contribution in [2.45, 2.75) is 64.1 Å². The smallest absolute Gasteiger partial charge is 0.0842 e. The van der Waals surface area contributed by atoms with Gasteiger partial charge in [-0.05, 0) is 48.0 Å². The topological polar surface area (TPSA) is 40.5 Å². The number of hydrogen-bond acceptors (Lipinski definition) is 2. The van der Waals surface area contributed by atoms with E-state index in [2.05, 4.69) is 56.0 Å². The number of benzene rings is 2. The van der Waals surface area contributed by atoms with Crippen molar-refractivity contribution in [2.24, 2.45) is 11.3 Å². The maximum atomic E-state index is 11.0. The van der Waals surface area contributed by atoms with Crippen LogP contribution < -0.4 is 0 Å². The molecular formula is C28H34O2. The second-order valence-corrected chi connectivity index (χ2v) is 9.04. The summed E-state index contributed by atoms with van der Waals surface area (Å²) < 4.78 is 0. The van der Waals surface area contributed by atoms with Crippen molar-refractivity contribution in [3.8, 4) is 0 Å². The van der Waals surface area contributed by atoms with E-state index in [0.29, 0.717) is 6.42 Å². The maximum absolute atomic E-state index is 11.0. The number of rotatable bonds is 8. The van der Waals surface area contributed by atoms with E-state index in [-0.39, 0.29) is 5.92 Å². The molecule has 30 heavy (non-hydrogen) atoms. The zero-order chi connectivity index (χ0) is 21.1. The van der Waals surface area contributed by atoms with E-state index in [1.165, 1.54) is 42.4 Å². The Morgan fingerprint density at radius 2 is 1.63 bits per heavy atom. The summed E-state index contributed by atoms with van der Waals surface area (Å²) in [6.07, 6.45) is 5.94. The number of hydrogen-bond donors (Lipinski definition) is 2. The molecular weight excluding hydrogens is 368 g/mol. The van der Waals surface area contributed by atoms with Crippen molar-refractivity contribution in [2.75, 3.05) is 0 Å². The molecule has 0 aromatic heterocycles. The van der Waals surface area contributed by atoms with Crippen molar-refractivity contribution in [3.63, 3.8) is 0 Å². The van der Waals surface area contributed by atoms with Gasteiger partial charge in [-0.2, -0.15) is 0 Å². The van der Waals surface area contributed by atoms with Gasteiger partial charge in [0.05, 0.1) is 12.2 Å². The minimum absolute atomic E-state index is 0.0170. The number of aliphatic hydroxyl groups excluding tert-OH is 2. The normalized spacial score (nSPS) is 28.0. The molecule has 2 N–H and O–H groups in total. The minimum atomic E-state index is -0.712. The van der Waals surface area contributed by atoms with Gasteiger partial charge >= 0.3 is 0 Å². The Morgan fingerprint density at radius 3 is 2.30 bits per heavy atom. The summed E-state index contributed by atoms with van der Waals surface area (Å²) in [4.78, 5) is 0. The fourth-order valence-electron chi connectivity index (χ4n) is 5.88. The Balaban J connectivity index is 1.83. The minimum Gasteiger partial charge on any atom is -0.390 e. The fraction of sp³-hybridized carbons (Fsp3) is 0.429. The van der Waals surface area contributed by atoms with Gasteiger partial charge in [-0.25, -0.2) is 0 Å². The van der Waals surface area contributed by atoms with Gasteiger partial charge < -0.3 is 10.2 Å². The third kappa shape index (κ3) is 3.57. The lowest BCUT2D eigenvalue weighted by molar-refractivity contribution is 0.0198. The lowest BCUT2D eigenvalue weighted by Gasteiger charge is -2.36. The van der Waals surface area contributed by atoms with Gasteiger partial charge in [0.15, 0.2) is 0 Å². The zero-order valence-electron chi connectivity index (χ0n) is 18.1. The van der Waals surface area contributed by atoms with E-state index < -0.39 is 17.6 Å². The number of fused-ring (bicyclic) bond motifs is 1. The van der Waals surface area contributed by atoms with Crippen LogP contribution in [-0.4, -0.2) is 22.4 Å². The highest BCUT2D eigenvalue weighted by atomic mass is 16.3. The Kier molecular flexibility index (Phi) is 6.26. The standard InChI is InChI=1S/C28H34O2/c1-3-4-5-8-17-23-18-24-27(30)25(29)19-28(24,20(2)21-13-9-6-10-14-21)26(23)22-15-11-7-12-16-22/h6-7,9-16,24-25,27,29-30H,2-5,8,17-19H2,1H3. The first-order valence-electron chi connectivity index (χ1n) is 11.5. The van der Waals surface area contributed by atoms with E-state index in [9.17, 15) is 10.2 Å². The molecule has 4 unspecified atom stereocenters. The predicted molar refractivity (Wildman–Crippen MR) is 125 cm³/mol. The Hall–Kier alpha value is -2.16. The van der Waals surface area contributed by atoms with Crippen LogP contribution in [0.4, 0.5) is 0 Å². The molecule has 0 amide bonds. The summed E-state index contributed by atoms with van der Waals surface area (Å²) in [5.74, 6) is -0.0170. The molecule has 2 aliphatic rings. The van der Waals surface area contributed by atoms with Crippen molar-refractivity contribution in [1.29, 1.82) is 0 Å². The van der Waals surface area contributed by atoms with Crippen molar-refractivity contribution >= 4 is 11.1 Å². The molecule has 0 radical (unpaired) electrons. The average molecular weight is 403 g/mol. The second-order valence-electron chi connectivity index (χ2n) is 9.04. The summed E-state index contributed by atoms with van der Waals surface area (Å²) in [5.41, 5.74) is 5.69. The fourth-order valence-corrected chi connectivity index (χ4v) is 5.88. The molecule has 2 aromatic carbocycles. The predicted octanol–water partition coefficient (Wildman–Crippen LogP) is 6.26. The maximum Gasteiger partial charge on any atom is 0.0842 e. The highest BCUT2D eigenvalue weighted by Crippen LogP contribution is 2.66. The third-order valence-electron chi connectivity index (χ3n) is 7.29. The summed E-state index contributed by atoms with van der Waals surface area (Å²) in [6, 6.07) is 20.9. The molecule has 0 bridgehead atoms. The lowest BCUT2D eigenvalue weighted by atomic mass is 9.66. The molecule has 0 heterocycles. The Bertz CT molecular complexity index is 899. The highest BCUT2D eigenvalue weighted by Gasteiger charge is 2.60. The largest absolute Gasteiger partial charge is 0.390 e. The molecule has 0 spiro atoms. The van der Waals surface area contributed by atoms with Gasteiger partial charge in [0.25, 0.3) is 0 Å². The first-order valence-corrected chi connectivity index (χ1v) is 11.5. The Labute approximate surface area is 181 Å². The average Bonchev–Trinajstić information content (AvgIpc) is 3.23. The van der Waals surface area contributed by atoms with Gasteiger partial charge in [0.2, 0.25) is 0 Å². The van der Waals surface area contributed by atoms with E-state index in [1.807, 2.05) is 18.2 Å². The molecule has 2 aliphatic carbocycles. The van der Waals surface area contributed by atoms with Crippen LogP contribution in [0.2, 0.25) is 0 Å². The van der Waals surface area contributed by atoms with Gasteiger partial charge in [0.1, 0.15) is 0 Å². The molecule has 158 valence electrons. The SMILES string of the molecule is C=C(c1ccccc1)C12CC(O)C(O)C1CC(CCCCCC)=C2c1ccccc1. The molecule has 1 saturated carbocycles. The summed E-state index contributed by atoms with van der Waals surface area (Å²) in [6.45, 7) is 6.81. The van der Waals surface area contributed by atoms with Crippen LogP contribution in [0.5, 0.6) is 0 Å². The number of unbranched alkanes of at least 4 members (excludes halogenated alkanes) is 3. The van der Waals surface area contributed by atoms with Crippen LogP contribution in [0, 0.1) is 11.3 Å². The summed E-state index contributed by atoms with van der Waals surface area (Å²) in [7, 11) is 0. The quantitative estimate of drug-likeness (QED) is 0.512. The first-order chi connectivity index (χ1) is 14.6. The van der Waals surface area contributed by atoms with Crippen LogP contribution in [0.1, 0.15) is 63.0 Å². The molecule has 1 fully saturated rings. The van der Waals surface area contributed by atoms with Crippen LogP contribution in [-0.2, 0) is 0 Å². The first kappa shape index (κ1) is 21.1. The van der Waals surface area contributed by atoms with Gasteiger partial charge in [-0.3, -0.25) is 0 Å². The molecule has 2 nitrogen and oxygen atoms in total. The Morgan fingerprint density at radius 1 is 0.967 bits per heavy atom. The van der Waals surface area contributed by atoms with Crippen LogP contribution in [0.25, 0.3) is 11.1 Å². The van der Waals surface area contributed by atoms with Crippen LogP contribution >= 0.6 is 0 Å². The van der Waals surface area contributed by atoms with E-state index in [1.54, 1.807) is 0 Å². The van der Waals surface area contributed by atoms with Crippen LogP contribution in [0.15, 0.2) is 72.8 Å². The van der Waals surface area contributed by atoms with Crippen molar-refractivity contribution < 1.29 is 10.2 Å². The zero-order valence-corrected chi connectivity index (χ0v) is 18.1. The van der Waals surface area contributed by atoms with E-state index in [0.717, 1.165) is 24.0 Å². The van der Waals surface area contributed by atoms with Gasteiger partial charge in [-0.15, -0.1) is 0 Å². The molecule has 4 atom stereocenters. The van der Waals surface area contributed by atoms with Crippen LogP contribution in [0.3, 0.4) is 0 Å². The molecule has 2 heteroatoms. The van der Waals surface area contributed by atoms with E-state index >= 15 is 0 Å². The monoisotopic (exact) mass is 402 g/mol. The lowest BCUT2D eigenvalue weighted by Crippen LogP contribution is -2.29. The number of allylic oxidation sites excluding steroid dienone is 3. The highest BCUT2D eigenvalue weighted by molar-refractivity contribution is 5.90. The molecule has 0 aliphatic heterocycles. The molecule has 2 aromatic rings. The van der Waals surface area contributed by atoms with E-state index in [4.69, 9.17) is 0 Å². The number of aliphatic hydroxyl groups is 2. The molecule has 4 rings (SSSR count).